The molecule has 0 saturated heterocycles. The molecule has 7 nitrogen and oxygen atoms in total. The van der Waals surface area contributed by atoms with Gasteiger partial charge in [-0.25, -0.2) is 9.97 Å². The van der Waals surface area contributed by atoms with Crippen molar-refractivity contribution in [1.29, 1.82) is 0 Å². The Morgan fingerprint density at radius 2 is 2.15 bits per heavy atom. The first-order chi connectivity index (χ1) is 9.52. The molecule has 0 amide bonds. The number of nitrogens with zero attached hydrogens (tertiary/aromatic N) is 4. The summed E-state index contributed by atoms with van der Waals surface area (Å²) in [4.78, 5) is 22.9. The van der Waals surface area contributed by atoms with E-state index < -0.39 is 4.92 Å². The molecular formula is C11H10ClN5O2S. The van der Waals surface area contributed by atoms with Crippen molar-refractivity contribution in [1.82, 2.24) is 15.0 Å². The Labute approximate surface area is 124 Å². The molecule has 0 aromatic carbocycles. The van der Waals surface area contributed by atoms with Crippen molar-refractivity contribution in [3.63, 3.8) is 0 Å². The summed E-state index contributed by atoms with van der Waals surface area (Å²) in [5.41, 5.74) is 0.139. The minimum Gasteiger partial charge on any atom is -0.357 e. The summed E-state index contributed by atoms with van der Waals surface area (Å²) in [5.74, 6) is 0.308. The number of halogens is 1. The summed E-state index contributed by atoms with van der Waals surface area (Å²) in [6.07, 6.45) is 1.56. The third kappa shape index (κ3) is 2.97. The van der Waals surface area contributed by atoms with Gasteiger partial charge in [0.2, 0.25) is 5.95 Å². The standard InChI is InChI=1S/C11H10ClN5O2S/c1-6-8(17(18)19)10(16-11(13-2)15-6)20-9-7(12)4-3-5-14-9/h3-5H,1-2H3,(H,13,15,16). The second-order valence-electron chi connectivity index (χ2n) is 3.69. The van der Waals surface area contributed by atoms with Gasteiger partial charge >= 0.3 is 5.69 Å². The summed E-state index contributed by atoms with van der Waals surface area (Å²) in [6, 6.07) is 3.35. The maximum atomic E-state index is 11.2. The highest BCUT2D eigenvalue weighted by Crippen LogP contribution is 2.37. The third-order valence-corrected chi connectivity index (χ3v) is 3.76. The summed E-state index contributed by atoms with van der Waals surface area (Å²) in [7, 11) is 1.64. The molecule has 9 heteroatoms. The summed E-state index contributed by atoms with van der Waals surface area (Å²) < 4.78 is 0. The molecule has 20 heavy (non-hydrogen) atoms. The lowest BCUT2D eigenvalue weighted by atomic mass is 10.4. The van der Waals surface area contributed by atoms with Crippen LogP contribution in [0.25, 0.3) is 0 Å². The number of anilines is 1. The van der Waals surface area contributed by atoms with Crippen LogP contribution in [-0.2, 0) is 0 Å². The molecule has 2 rings (SSSR count). The lowest BCUT2D eigenvalue weighted by molar-refractivity contribution is -0.389. The van der Waals surface area contributed by atoms with Crippen LogP contribution in [0, 0.1) is 17.0 Å². The predicted molar refractivity (Wildman–Crippen MR) is 76.3 cm³/mol. The number of rotatable bonds is 4. The minimum atomic E-state index is -0.506. The zero-order chi connectivity index (χ0) is 14.7. The molecule has 0 spiro atoms. The molecule has 0 radical (unpaired) electrons. The SMILES string of the molecule is CNc1nc(C)c([N+](=O)[O-])c(Sc2ncccc2Cl)n1. The lowest BCUT2D eigenvalue weighted by Gasteiger charge is -2.07. The highest BCUT2D eigenvalue weighted by molar-refractivity contribution is 7.99. The quantitative estimate of drug-likeness (QED) is 0.527. The van der Waals surface area contributed by atoms with Gasteiger partial charge in [-0.3, -0.25) is 10.1 Å². The van der Waals surface area contributed by atoms with Gasteiger partial charge in [0.1, 0.15) is 10.7 Å². The Morgan fingerprint density at radius 1 is 1.40 bits per heavy atom. The predicted octanol–water partition coefficient (Wildman–Crippen LogP) is 2.93. The van der Waals surface area contributed by atoms with E-state index in [-0.39, 0.29) is 16.4 Å². The van der Waals surface area contributed by atoms with Gasteiger partial charge < -0.3 is 5.32 Å². The van der Waals surface area contributed by atoms with Crippen LogP contribution in [0.5, 0.6) is 0 Å². The molecule has 104 valence electrons. The lowest BCUT2D eigenvalue weighted by Crippen LogP contribution is -2.04. The van der Waals surface area contributed by atoms with Crippen LogP contribution in [0.1, 0.15) is 5.69 Å². The monoisotopic (exact) mass is 311 g/mol. The Balaban J connectivity index is 2.52. The van der Waals surface area contributed by atoms with Crippen molar-refractivity contribution in [2.24, 2.45) is 0 Å². The maximum Gasteiger partial charge on any atom is 0.322 e. The number of pyridine rings is 1. The topological polar surface area (TPSA) is 93.8 Å². The van der Waals surface area contributed by atoms with Crippen molar-refractivity contribution in [2.75, 3.05) is 12.4 Å². The average molecular weight is 312 g/mol. The van der Waals surface area contributed by atoms with Crippen LogP contribution in [0.15, 0.2) is 28.4 Å². The Hall–Kier alpha value is -1.93. The van der Waals surface area contributed by atoms with E-state index in [1.165, 1.54) is 0 Å². The molecule has 0 unspecified atom stereocenters. The second kappa shape index (κ2) is 6.02. The number of nitro groups is 1. The van der Waals surface area contributed by atoms with Crippen LogP contribution < -0.4 is 5.32 Å². The fourth-order valence-corrected chi connectivity index (χ4v) is 2.62. The molecule has 2 aromatic heterocycles. The molecule has 2 aromatic rings. The molecule has 1 N–H and O–H groups in total. The van der Waals surface area contributed by atoms with Crippen LogP contribution >= 0.6 is 23.4 Å². The minimum absolute atomic E-state index is 0.143. The highest BCUT2D eigenvalue weighted by Gasteiger charge is 2.23. The second-order valence-corrected chi connectivity index (χ2v) is 5.07. The molecule has 0 saturated carbocycles. The molecule has 0 aliphatic rings. The molecular weight excluding hydrogens is 302 g/mol. The van der Waals surface area contributed by atoms with Crippen LogP contribution in [0.3, 0.4) is 0 Å². The molecule has 0 fully saturated rings. The van der Waals surface area contributed by atoms with Gasteiger partial charge in [0.25, 0.3) is 0 Å². The van der Waals surface area contributed by atoms with E-state index in [0.717, 1.165) is 11.8 Å². The van der Waals surface area contributed by atoms with Gasteiger partial charge in [0.15, 0.2) is 5.03 Å². The van der Waals surface area contributed by atoms with Gasteiger partial charge in [-0.1, -0.05) is 11.6 Å². The summed E-state index contributed by atoms with van der Waals surface area (Å²) in [6.45, 7) is 1.56. The number of nitrogens with one attached hydrogen (secondary N) is 1. The fourth-order valence-electron chi connectivity index (χ4n) is 1.47. The van der Waals surface area contributed by atoms with E-state index in [2.05, 4.69) is 20.3 Å². The van der Waals surface area contributed by atoms with E-state index in [1.54, 1.807) is 32.3 Å². The van der Waals surface area contributed by atoms with E-state index in [4.69, 9.17) is 11.6 Å². The first-order valence-electron chi connectivity index (χ1n) is 5.52. The van der Waals surface area contributed by atoms with Crippen molar-refractivity contribution in [3.8, 4) is 0 Å². The Bertz CT molecular complexity index is 667. The summed E-state index contributed by atoms with van der Waals surface area (Å²) >= 11 is 7.04. The van der Waals surface area contributed by atoms with Gasteiger partial charge in [-0.2, -0.15) is 4.98 Å². The molecule has 0 aliphatic heterocycles. The molecule has 0 bridgehead atoms. The summed E-state index contributed by atoms with van der Waals surface area (Å²) in [5, 5.41) is 15.0. The third-order valence-electron chi connectivity index (χ3n) is 2.35. The van der Waals surface area contributed by atoms with Crippen molar-refractivity contribution in [2.45, 2.75) is 17.0 Å². The van der Waals surface area contributed by atoms with Crippen LogP contribution in [-0.4, -0.2) is 26.9 Å². The first kappa shape index (κ1) is 14.5. The largest absolute Gasteiger partial charge is 0.357 e. The average Bonchev–Trinajstić information content (AvgIpc) is 2.40. The van der Waals surface area contributed by atoms with Crippen molar-refractivity contribution >= 4 is 35.0 Å². The fraction of sp³-hybridized carbons (Fsp3) is 0.182. The smallest absolute Gasteiger partial charge is 0.322 e. The van der Waals surface area contributed by atoms with E-state index in [9.17, 15) is 10.1 Å². The van der Waals surface area contributed by atoms with Gasteiger partial charge in [0.05, 0.1) is 9.95 Å². The number of aromatic nitrogens is 3. The van der Waals surface area contributed by atoms with Gasteiger partial charge in [0, 0.05) is 13.2 Å². The van der Waals surface area contributed by atoms with Crippen LogP contribution in [0.4, 0.5) is 11.6 Å². The highest BCUT2D eigenvalue weighted by atomic mass is 35.5. The van der Waals surface area contributed by atoms with Crippen molar-refractivity contribution in [3.05, 3.63) is 39.2 Å². The number of hydrogen-bond donors (Lipinski definition) is 1. The Kier molecular flexibility index (Phi) is 4.35. The number of aryl methyl sites for hydroxylation is 1. The van der Waals surface area contributed by atoms with Crippen molar-refractivity contribution < 1.29 is 4.92 Å². The van der Waals surface area contributed by atoms with E-state index in [0.29, 0.717) is 16.0 Å². The number of hydrogen-bond acceptors (Lipinski definition) is 7. The van der Waals surface area contributed by atoms with E-state index in [1.807, 2.05) is 0 Å². The molecule has 2 heterocycles. The Morgan fingerprint density at radius 3 is 2.75 bits per heavy atom. The normalized spacial score (nSPS) is 10.3. The van der Waals surface area contributed by atoms with Crippen LogP contribution in [0.2, 0.25) is 5.02 Å². The molecule has 0 atom stereocenters. The van der Waals surface area contributed by atoms with E-state index >= 15 is 0 Å². The maximum absolute atomic E-state index is 11.2. The van der Waals surface area contributed by atoms with Gasteiger partial charge in [-0.15, -0.1) is 0 Å². The zero-order valence-corrected chi connectivity index (χ0v) is 12.2. The first-order valence-corrected chi connectivity index (χ1v) is 6.71. The van der Waals surface area contributed by atoms with Gasteiger partial charge in [-0.05, 0) is 30.8 Å². The zero-order valence-electron chi connectivity index (χ0n) is 10.6. The molecule has 0 aliphatic carbocycles.